The third-order valence-corrected chi connectivity index (χ3v) is 8.34. The zero-order valence-corrected chi connectivity index (χ0v) is 18.5. The fraction of sp³-hybridized carbons (Fsp3) is 0.320. The number of carboxylic acid groups (broad SMARTS) is 1. The van der Waals surface area contributed by atoms with Crippen molar-refractivity contribution in [3.8, 4) is 0 Å². The molecule has 1 aliphatic heterocycles. The van der Waals surface area contributed by atoms with Crippen LogP contribution in [0.2, 0.25) is 0 Å². The minimum Gasteiger partial charge on any atom is -0.481 e. The Labute approximate surface area is 188 Å². The highest BCUT2D eigenvalue weighted by Gasteiger charge is 2.43. The molecule has 32 heavy (non-hydrogen) atoms. The summed E-state index contributed by atoms with van der Waals surface area (Å²) in [5.41, 5.74) is -0.284. The van der Waals surface area contributed by atoms with Gasteiger partial charge in [0.2, 0.25) is 10.0 Å². The number of rotatable bonds is 7. The number of sulfonamides is 1. The fourth-order valence-corrected chi connectivity index (χ4v) is 6.12. The van der Waals surface area contributed by atoms with E-state index >= 15 is 0 Å². The lowest BCUT2D eigenvalue weighted by Gasteiger charge is -2.42. The molecule has 1 aliphatic rings. The van der Waals surface area contributed by atoms with Crippen molar-refractivity contribution < 1.29 is 23.4 Å². The van der Waals surface area contributed by atoms with Crippen LogP contribution < -0.4 is 0 Å². The Bertz CT molecular complexity index is 1200. The molecule has 0 aliphatic carbocycles. The van der Waals surface area contributed by atoms with E-state index in [0.717, 1.165) is 16.3 Å². The maximum absolute atomic E-state index is 13.3. The number of nitrogens with zero attached hydrogens (tertiary/aromatic N) is 1. The number of fused-ring (bicyclic) bond motifs is 1. The van der Waals surface area contributed by atoms with Crippen LogP contribution in [-0.2, 0) is 14.8 Å². The van der Waals surface area contributed by atoms with Crippen LogP contribution in [-0.4, -0.2) is 47.6 Å². The van der Waals surface area contributed by atoms with Crippen LogP contribution in [0.3, 0.4) is 0 Å². The molecule has 0 spiro atoms. The molecule has 6 nitrogen and oxygen atoms in total. The number of piperidine rings is 1. The van der Waals surface area contributed by atoms with Gasteiger partial charge >= 0.3 is 5.97 Å². The minimum atomic E-state index is -3.69. The summed E-state index contributed by atoms with van der Waals surface area (Å²) in [7, 11) is -3.69. The van der Waals surface area contributed by atoms with Crippen LogP contribution in [0.25, 0.3) is 10.8 Å². The third kappa shape index (κ3) is 4.55. The first kappa shape index (κ1) is 22.5. The molecule has 1 fully saturated rings. The normalized spacial score (nSPS) is 17.8. The molecule has 4 rings (SSSR count). The molecule has 0 bridgehead atoms. The maximum atomic E-state index is 13.3. The second-order valence-corrected chi connectivity index (χ2v) is 10.4. The Morgan fingerprint density at radius 3 is 2.22 bits per heavy atom. The van der Waals surface area contributed by atoms with Gasteiger partial charge in [-0.25, -0.2) is 8.42 Å². The van der Waals surface area contributed by atoms with Crippen molar-refractivity contribution in [2.75, 3.05) is 13.1 Å². The number of hydrogen-bond acceptors (Lipinski definition) is 4. The number of benzene rings is 3. The van der Waals surface area contributed by atoms with Gasteiger partial charge in [-0.2, -0.15) is 4.31 Å². The molecule has 1 atom stereocenters. The Balaban J connectivity index is 1.54. The zero-order valence-electron chi connectivity index (χ0n) is 17.7. The summed E-state index contributed by atoms with van der Waals surface area (Å²) in [5.74, 6) is -1.28. The molecule has 1 unspecified atom stereocenters. The smallest absolute Gasteiger partial charge is 0.303 e. The van der Waals surface area contributed by atoms with E-state index in [4.69, 9.17) is 0 Å². The number of carbonyl (C=O) groups is 1. The van der Waals surface area contributed by atoms with Crippen LogP contribution in [0.15, 0.2) is 77.7 Å². The van der Waals surface area contributed by atoms with Gasteiger partial charge in [0.25, 0.3) is 0 Å². The molecule has 168 valence electrons. The SMILES string of the molecule is O=C(O)CCC(c1ccccc1)C1(O)CCN(S(=O)(=O)c2ccc3ccccc3c2)CC1. The van der Waals surface area contributed by atoms with E-state index in [1.54, 1.807) is 18.2 Å². The molecule has 7 heteroatoms. The predicted molar refractivity (Wildman–Crippen MR) is 123 cm³/mol. The lowest BCUT2D eigenvalue weighted by molar-refractivity contribution is -0.137. The molecule has 0 saturated carbocycles. The van der Waals surface area contributed by atoms with Crippen LogP contribution in [0.1, 0.15) is 37.2 Å². The first-order valence-corrected chi connectivity index (χ1v) is 12.2. The summed E-state index contributed by atoms with van der Waals surface area (Å²) in [4.78, 5) is 11.4. The van der Waals surface area contributed by atoms with Crippen LogP contribution in [0, 0.1) is 0 Å². The van der Waals surface area contributed by atoms with Gasteiger partial charge in [0.1, 0.15) is 0 Å². The Morgan fingerprint density at radius 2 is 1.56 bits per heavy atom. The van der Waals surface area contributed by atoms with Gasteiger partial charge < -0.3 is 10.2 Å². The summed E-state index contributed by atoms with van der Waals surface area (Å²) < 4.78 is 27.9. The molecular weight excluding hydrogens is 426 g/mol. The first-order valence-electron chi connectivity index (χ1n) is 10.8. The topological polar surface area (TPSA) is 94.9 Å². The van der Waals surface area contributed by atoms with Gasteiger partial charge in [0.05, 0.1) is 10.5 Å². The van der Waals surface area contributed by atoms with Gasteiger partial charge in [0.15, 0.2) is 0 Å². The van der Waals surface area contributed by atoms with Crippen LogP contribution in [0.4, 0.5) is 0 Å². The average molecular weight is 454 g/mol. The van der Waals surface area contributed by atoms with Gasteiger partial charge in [-0.3, -0.25) is 4.79 Å². The van der Waals surface area contributed by atoms with Crippen molar-refractivity contribution in [1.29, 1.82) is 0 Å². The molecule has 3 aromatic rings. The number of hydrogen-bond donors (Lipinski definition) is 2. The van der Waals surface area contributed by atoms with E-state index in [9.17, 15) is 23.4 Å². The maximum Gasteiger partial charge on any atom is 0.303 e. The van der Waals surface area contributed by atoms with Crippen molar-refractivity contribution in [3.05, 3.63) is 78.4 Å². The summed E-state index contributed by atoms with van der Waals surface area (Å²) in [6.45, 7) is 0.365. The van der Waals surface area contributed by atoms with Gasteiger partial charge in [-0.05, 0) is 47.7 Å². The molecule has 0 radical (unpaired) electrons. The van der Waals surface area contributed by atoms with Gasteiger partial charge in [0, 0.05) is 25.4 Å². The highest BCUT2D eigenvalue weighted by atomic mass is 32.2. The number of aliphatic carboxylic acids is 1. The summed E-state index contributed by atoms with van der Waals surface area (Å²) in [6.07, 6.45) is 0.742. The second-order valence-electron chi connectivity index (χ2n) is 8.41. The summed E-state index contributed by atoms with van der Waals surface area (Å²) in [6, 6.07) is 22.1. The number of aliphatic hydroxyl groups is 1. The van der Waals surface area contributed by atoms with E-state index in [-0.39, 0.29) is 43.2 Å². The Kier molecular flexibility index (Phi) is 6.33. The van der Waals surface area contributed by atoms with Crippen molar-refractivity contribution in [2.24, 2.45) is 0 Å². The molecule has 2 N–H and O–H groups in total. The van der Waals surface area contributed by atoms with E-state index in [1.807, 2.05) is 54.6 Å². The van der Waals surface area contributed by atoms with E-state index in [2.05, 4.69) is 0 Å². The predicted octanol–water partition coefficient (Wildman–Crippen LogP) is 4.00. The first-order chi connectivity index (χ1) is 15.3. The van der Waals surface area contributed by atoms with E-state index < -0.39 is 21.6 Å². The Morgan fingerprint density at radius 1 is 0.938 bits per heavy atom. The highest BCUT2D eigenvalue weighted by Crippen LogP contribution is 2.40. The van der Waals surface area contributed by atoms with E-state index in [1.165, 1.54) is 4.31 Å². The molecular formula is C25H27NO5S. The van der Waals surface area contributed by atoms with Crippen LogP contribution >= 0.6 is 0 Å². The minimum absolute atomic E-state index is 0.0546. The lowest BCUT2D eigenvalue weighted by atomic mass is 9.74. The largest absolute Gasteiger partial charge is 0.481 e. The van der Waals surface area contributed by atoms with Crippen molar-refractivity contribution in [2.45, 2.75) is 42.1 Å². The fourth-order valence-electron chi connectivity index (χ4n) is 4.64. The number of carboxylic acids is 1. The standard InChI is InChI=1S/C25H27NO5S/c27-24(28)13-12-23(20-7-2-1-3-8-20)25(29)14-16-26(17-15-25)32(30,31)22-11-10-19-6-4-5-9-21(19)18-22/h1-11,18,23,29H,12-17H2,(H,27,28). The van der Waals surface area contributed by atoms with Gasteiger partial charge in [-0.15, -0.1) is 0 Å². The lowest BCUT2D eigenvalue weighted by Crippen LogP contribution is -2.49. The van der Waals surface area contributed by atoms with Crippen LogP contribution in [0.5, 0.6) is 0 Å². The average Bonchev–Trinajstić information content (AvgIpc) is 2.79. The third-order valence-electron chi connectivity index (χ3n) is 6.44. The molecule has 0 amide bonds. The zero-order chi connectivity index (χ0) is 22.8. The second kappa shape index (κ2) is 9.02. The van der Waals surface area contributed by atoms with Crippen molar-refractivity contribution in [1.82, 2.24) is 4.31 Å². The quantitative estimate of drug-likeness (QED) is 0.564. The molecule has 1 heterocycles. The highest BCUT2D eigenvalue weighted by molar-refractivity contribution is 7.89. The molecule has 1 saturated heterocycles. The summed E-state index contributed by atoms with van der Waals surface area (Å²) >= 11 is 0. The summed E-state index contributed by atoms with van der Waals surface area (Å²) in [5, 5.41) is 22.5. The van der Waals surface area contributed by atoms with Crippen molar-refractivity contribution in [3.63, 3.8) is 0 Å². The molecule has 0 aromatic heterocycles. The Hall–Kier alpha value is -2.74. The van der Waals surface area contributed by atoms with Crippen molar-refractivity contribution >= 4 is 26.8 Å². The monoisotopic (exact) mass is 453 g/mol. The van der Waals surface area contributed by atoms with Gasteiger partial charge in [-0.1, -0.05) is 60.7 Å². The van der Waals surface area contributed by atoms with E-state index in [0.29, 0.717) is 6.42 Å². The molecule has 3 aromatic carbocycles.